The van der Waals surface area contributed by atoms with Crippen molar-refractivity contribution < 1.29 is 5.11 Å². The molecule has 1 aromatic carbocycles. The minimum absolute atomic E-state index is 0.0285. The lowest BCUT2D eigenvalue weighted by Gasteiger charge is -2.21. The second-order valence-electron chi connectivity index (χ2n) is 4.75. The zero-order valence-corrected chi connectivity index (χ0v) is 10.2. The van der Waals surface area contributed by atoms with Gasteiger partial charge in [0.25, 0.3) is 0 Å². The van der Waals surface area contributed by atoms with Crippen molar-refractivity contribution in [2.45, 2.75) is 32.6 Å². The Hall–Kier alpha value is -0.730. The predicted molar refractivity (Wildman–Crippen MR) is 64.6 cm³/mol. The van der Waals surface area contributed by atoms with Gasteiger partial charge in [-0.3, -0.25) is 0 Å². The summed E-state index contributed by atoms with van der Waals surface area (Å²) in [6, 6.07) is 3.80. The molecular weight excluding hydrogens is 210 g/mol. The third-order valence-corrected chi connectivity index (χ3v) is 2.71. The van der Waals surface area contributed by atoms with Gasteiger partial charge in [0.2, 0.25) is 0 Å². The Kier molecular flexibility index (Phi) is 3.63. The number of rotatable bonds is 2. The predicted octanol–water partition coefficient (Wildman–Crippen LogP) is 2.84. The van der Waals surface area contributed by atoms with E-state index in [2.05, 4.69) is 20.8 Å². The molecule has 0 spiro atoms. The van der Waals surface area contributed by atoms with Crippen LogP contribution in [0, 0.1) is 0 Å². The molecule has 0 aliphatic carbocycles. The Morgan fingerprint density at radius 1 is 1.33 bits per heavy atom. The minimum Gasteiger partial charge on any atom is -0.506 e. The molecule has 0 saturated heterocycles. The first kappa shape index (κ1) is 12.3. The summed E-state index contributed by atoms with van der Waals surface area (Å²) in [5.41, 5.74) is 7.46. The average molecular weight is 228 g/mol. The number of phenolic OH excluding ortho intramolecular Hbond substituents is 1. The zero-order valence-electron chi connectivity index (χ0n) is 9.47. The molecule has 15 heavy (non-hydrogen) atoms. The number of hydrogen-bond acceptors (Lipinski definition) is 2. The molecule has 3 heteroatoms. The third kappa shape index (κ3) is 2.86. The van der Waals surface area contributed by atoms with Crippen molar-refractivity contribution in [1.29, 1.82) is 0 Å². The molecule has 1 rings (SSSR count). The van der Waals surface area contributed by atoms with E-state index in [4.69, 9.17) is 17.3 Å². The molecule has 0 fully saturated rings. The lowest BCUT2D eigenvalue weighted by Crippen LogP contribution is -2.12. The highest BCUT2D eigenvalue weighted by Crippen LogP contribution is 2.34. The standard InChI is InChI=1S/C12H18ClNO/c1-12(2,3)9-6-8(4-5-14)11(15)10(13)7-9/h6-7,15H,4-5,14H2,1-3H3. The van der Waals surface area contributed by atoms with Gasteiger partial charge >= 0.3 is 0 Å². The number of hydrogen-bond donors (Lipinski definition) is 2. The molecule has 0 aliphatic rings. The maximum absolute atomic E-state index is 9.73. The molecule has 2 nitrogen and oxygen atoms in total. The van der Waals surface area contributed by atoms with Crippen LogP contribution in [0.4, 0.5) is 0 Å². The van der Waals surface area contributed by atoms with Crippen LogP contribution >= 0.6 is 11.6 Å². The van der Waals surface area contributed by atoms with Gasteiger partial charge in [0, 0.05) is 0 Å². The first-order valence-electron chi connectivity index (χ1n) is 5.08. The molecule has 0 amide bonds. The van der Waals surface area contributed by atoms with Crippen LogP contribution < -0.4 is 5.73 Å². The van der Waals surface area contributed by atoms with Crippen molar-refractivity contribution >= 4 is 11.6 Å². The van der Waals surface area contributed by atoms with Crippen LogP contribution in [0.15, 0.2) is 12.1 Å². The first-order chi connectivity index (χ1) is 6.86. The van der Waals surface area contributed by atoms with Crippen LogP contribution in [0.2, 0.25) is 5.02 Å². The van der Waals surface area contributed by atoms with Crippen LogP contribution in [-0.4, -0.2) is 11.7 Å². The molecule has 1 aromatic rings. The fraction of sp³-hybridized carbons (Fsp3) is 0.500. The van der Waals surface area contributed by atoms with Crippen molar-refractivity contribution in [2.24, 2.45) is 5.73 Å². The van der Waals surface area contributed by atoms with Crippen LogP contribution in [-0.2, 0) is 11.8 Å². The first-order valence-corrected chi connectivity index (χ1v) is 5.46. The quantitative estimate of drug-likeness (QED) is 0.816. The van der Waals surface area contributed by atoms with Crippen LogP contribution in [0.25, 0.3) is 0 Å². The van der Waals surface area contributed by atoms with E-state index in [0.29, 0.717) is 18.0 Å². The fourth-order valence-electron chi connectivity index (χ4n) is 1.44. The topological polar surface area (TPSA) is 46.2 Å². The molecule has 0 bridgehead atoms. The maximum atomic E-state index is 9.73. The Labute approximate surface area is 96.1 Å². The number of halogens is 1. The highest BCUT2D eigenvalue weighted by atomic mass is 35.5. The van der Waals surface area contributed by atoms with E-state index in [-0.39, 0.29) is 11.2 Å². The molecule has 0 aromatic heterocycles. The van der Waals surface area contributed by atoms with E-state index in [1.165, 1.54) is 0 Å². The van der Waals surface area contributed by atoms with E-state index in [0.717, 1.165) is 11.1 Å². The van der Waals surface area contributed by atoms with E-state index in [1.54, 1.807) is 0 Å². The summed E-state index contributed by atoms with van der Waals surface area (Å²) in [7, 11) is 0. The van der Waals surface area contributed by atoms with Gasteiger partial charge < -0.3 is 10.8 Å². The Morgan fingerprint density at radius 2 is 1.93 bits per heavy atom. The van der Waals surface area contributed by atoms with Crippen molar-refractivity contribution in [3.8, 4) is 5.75 Å². The smallest absolute Gasteiger partial charge is 0.137 e. The zero-order chi connectivity index (χ0) is 11.6. The molecule has 84 valence electrons. The minimum atomic E-state index is 0.0285. The number of nitrogens with two attached hydrogens (primary N) is 1. The Morgan fingerprint density at radius 3 is 2.40 bits per heavy atom. The van der Waals surface area contributed by atoms with Crippen LogP contribution in [0.3, 0.4) is 0 Å². The highest BCUT2D eigenvalue weighted by molar-refractivity contribution is 6.32. The van der Waals surface area contributed by atoms with Crippen LogP contribution in [0.1, 0.15) is 31.9 Å². The molecule has 0 unspecified atom stereocenters. The molecule has 0 atom stereocenters. The molecular formula is C12H18ClNO. The van der Waals surface area contributed by atoms with Crippen LogP contribution in [0.5, 0.6) is 5.75 Å². The van der Waals surface area contributed by atoms with E-state index in [1.807, 2.05) is 12.1 Å². The van der Waals surface area contributed by atoms with Crippen molar-refractivity contribution in [1.82, 2.24) is 0 Å². The van der Waals surface area contributed by atoms with Gasteiger partial charge in [-0.15, -0.1) is 0 Å². The maximum Gasteiger partial charge on any atom is 0.137 e. The monoisotopic (exact) mass is 227 g/mol. The van der Waals surface area contributed by atoms with Gasteiger partial charge in [0.15, 0.2) is 0 Å². The summed E-state index contributed by atoms with van der Waals surface area (Å²) >= 11 is 5.97. The van der Waals surface area contributed by atoms with E-state index in [9.17, 15) is 5.11 Å². The van der Waals surface area contributed by atoms with Gasteiger partial charge in [-0.2, -0.15) is 0 Å². The highest BCUT2D eigenvalue weighted by Gasteiger charge is 2.17. The van der Waals surface area contributed by atoms with Gasteiger partial charge in [-0.05, 0) is 35.6 Å². The Bertz CT molecular complexity index is 355. The van der Waals surface area contributed by atoms with E-state index < -0.39 is 0 Å². The fourth-order valence-corrected chi connectivity index (χ4v) is 1.67. The van der Waals surface area contributed by atoms with Gasteiger partial charge in [-0.25, -0.2) is 0 Å². The average Bonchev–Trinajstić information content (AvgIpc) is 2.11. The second-order valence-corrected chi connectivity index (χ2v) is 5.16. The lowest BCUT2D eigenvalue weighted by atomic mass is 9.85. The third-order valence-electron chi connectivity index (χ3n) is 2.42. The Balaban J connectivity index is 3.23. The molecule has 0 radical (unpaired) electrons. The van der Waals surface area contributed by atoms with Gasteiger partial charge in [-0.1, -0.05) is 38.4 Å². The number of phenols is 1. The molecule has 3 N–H and O–H groups in total. The lowest BCUT2D eigenvalue weighted by molar-refractivity contribution is 0.467. The largest absolute Gasteiger partial charge is 0.506 e. The summed E-state index contributed by atoms with van der Waals surface area (Å²) < 4.78 is 0. The summed E-state index contributed by atoms with van der Waals surface area (Å²) in [6.07, 6.45) is 0.648. The molecule has 0 heterocycles. The summed E-state index contributed by atoms with van der Waals surface area (Å²) in [6.45, 7) is 6.85. The SMILES string of the molecule is CC(C)(C)c1cc(Cl)c(O)c(CCN)c1. The summed E-state index contributed by atoms with van der Waals surface area (Å²) in [5, 5.41) is 10.1. The summed E-state index contributed by atoms with van der Waals surface area (Å²) in [4.78, 5) is 0. The number of aromatic hydroxyl groups is 1. The second kappa shape index (κ2) is 4.42. The van der Waals surface area contributed by atoms with Gasteiger partial charge in [0.1, 0.15) is 5.75 Å². The normalized spacial score (nSPS) is 11.8. The van der Waals surface area contributed by atoms with Crippen molar-refractivity contribution in [3.05, 3.63) is 28.3 Å². The van der Waals surface area contributed by atoms with E-state index >= 15 is 0 Å². The van der Waals surface area contributed by atoms with Crippen molar-refractivity contribution in [3.63, 3.8) is 0 Å². The molecule has 0 saturated carbocycles. The van der Waals surface area contributed by atoms with Crippen molar-refractivity contribution in [2.75, 3.05) is 6.54 Å². The number of benzene rings is 1. The van der Waals surface area contributed by atoms with Gasteiger partial charge in [0.05, 0.1) is 5.02 Å². The molecule has 0 aliphatic heterocycles. The summed E-state index contributed by atoms with van der Waals surface area (Å²) in [5.74, 6) is 0.162.